The Morgan fingerprint density at radius 1 is 1.50 bits per heavy atom. The molecule has 1 rings (SSSR count). The quantitative estimate of drug-likeness (QED) is 0.571. The van der Waals surface area contributed by atoms with E-state index in [1.165, 1.54) is 13.8 Å². The number of hydrogen-bond donors (Lipinski definition) is 0. The second kappa shape index (κ2) is 2.81. The van der Waals surface area contributed by atoms with Gasteiger partial charge < -0.3 is 14.3 Å². The summed E-state index contributed by atoms with van der Waals surface area (Å²) in [5, 5.41) is 10.5. The maximum atomic E-state index is 10.7. The number of carboxylic acid groups (broad SMARTS) is 1. The molecule has 0 saturated carbocycles. The number of carbonyl (C=O) groups excluding carboxylic acids is 1. The van der Waals surface area contributed by atoms with E-state index in [4.69, 9.17) is 0 Å². The van der Waals surface area contributed by atoms with Crippen LogP contribution in [0.25, 0.3) is 0 Å². The fourth-order valence-electron chi connectivity index (χ4n) is 1.06. The van der Waals surface area contributed by atoms with Gasteiger partial charge in [-0.25, -0.2) is 4.79 Å². The second-order valence-electron chi connectivity index (χ2n) is 2.47. The molecule has 1 aromatic heterocycles. The van der Waals surface area contributed by atoms with Gasteiger partial charge in [0.15, 0.2) is 0 Å². The molecule has 0 amide bonds. The Labute approximate surface area is 68.4 Å². The summed E-state index contributed by atoms with van der Waals surface area (Å²) < 4.78 is 4.57. The molecule has 0 atom stereocenters. The first-order valence-electron chi connectivity index (χ1n) is 3.35. The summed E-state index contributed by atoms with van der Waals surface area (Å²) in [5.41, 5.74) is -0.228. The lowest BCUT2D eigenvalue weighted by Crippen LogP contribution is -2.25. The van der Waals surface area contributed by atoms with Crippen molar-refractivity contribution in [1.29, 1.82) is 0 Å². The average molecular weight is 167 g/mol. The Morgan fingerprint density at radius 2 is 2.08 bits per heavy atom. The van der Waals surface area contributed by atoms with E-state index < -0.39 is 11.6 Å². The zero-order valence-electron chi connectivity index (χ0n) is 6.71. The topological polar surface area (TPSA) is 70.3 Å². The molecular formula is C8H7O4-. The number of aromatic carboxylic acids is 1. The molecule has 0 aliphatic carbocycles. The lowest BCUT2D eigenvalue weighted by atomic mass is 10.1. The van der Waals surface area contributed by atoms with Crippen LogP contribution in [0.5, 0.6) is 0 Å². The van der Waals surface area contributed by atoms with Crippen molar-refractivity contribution in [1.82, 2.24) is 0 Å². The predicted octanol–water partition coefficient (Wildman–Crippen LogP) is -0.380. The number of carboxylic acids is 1. The number of rotatable bonds is 1. The summed E-state index contributed by atoms with van der Waals surface area (Å²) in [4.78, 5) is 21.2. The van der Waals surface area contributed by atoms with E-state index in [9.17, 15) is 14.7 Å². The number of aryl methyl sites for hydroxylation is 2. The molecule has 1 aromatic rings. The lowest BCUT2D eigenvalue weighted by Gasteiger charge is -2.07. The zero-order chi connectivity index (χ0) is 9.30. The van der Waals surface area contributed by atoms with Gasteiger partial charge in [-0.15, -0.1) is 0 Å². The Balaban J connectivity index is 3.48. The highest BCUT2D eigenvalue weighted by Gasteiger charge is 2.06. The molecule has 0 spiro atoms. The van der Waals surface area contributed by atoms with Crippen LogP contribution in [0.1, 0.15) is 21.7 Å². The molecule has 64 valence electrons. The molecule has 0 saturated heterocycles. The van der Waals surface area contributed by atoms with Crippen molar-refractivity contribution < 1.29 is 14.3 Å². The standard InChI is InChI=1S/C8H8O4/c1-4-3-6(9)12-5(2)7(4)8(10)11/h3H,1-2H3,(H,10,11)/p-1. The van der Waals surface area contributed by atoms with Gasteiger partial charge in [0, 0.05) is 11.6 Å². The fraction of sp³-hybridized carbons (Fsp3) is 0.250. The third kappa shape index (κ3) is 1.37. The van der Waals surface area contributed by atoms with Crippen molar-refractivity contribution in [3.8, 4) is 0 Å². The van der Waals surface area contributed by atoms with E-state index in [0.717, 1.165) is 6.07 Å². The first kappa shape index (κ1) is 8.52. The van der Waals surface area contributed by atoms with Crippen molar-refractivity contribution in [3.63, 3.8) is 0 Å². The summed E-state index contributed by atoms with van der Waals surface area (Å²) in [7, 11) is 0. The largest absolute Gasteiger partial charge is 0.545 e. The van der Waals surface area contributed by atoms with Crippen molar-refractivity contribution in [3.05, 3.63) is 33.4 Å². The van der Waals surface area contributed by atoms with Crippen LogP contribution in [-0.2, 0) is 0 Å². The number of hydrogen-bond acceptors (Lipinski definition) is 4. The van der Waals surface area contributed by atoms with Crippen LogP contribution in [0.2, 0.25) is 0 Å². The van der Waals surface area contributed by atoms with Gasteiger partial charge in [-0.1, -0.05) is 0 Å². The summed E-state index contributed by atoms with van der Waals surface area (Å²) in [6.45, 7) is 2.94. The summed E-state index contributed by atoms with van der Waals surface area (Å²) in [6.07, 6.45) is 0. The molecule has 4 nitrogen and oxygen atoms in total. The molecule has 0 N–H and O–H groups in total. The first-order chi connectivity index (χ1) is 5.52. The van der Waals surface area contributed by atoms with E-state index >= 15 is 0 Å². The second-order valence-corrected chi connectivity index (χ2v) is 2.47. The minimum atomic E-state index is -1.33. The van der Waals surface area contributed by atoms with Crippen LogP contribution in [0.3, 0.4) is 0 Å². The van der Waals surface area contributed by atoms with Gasteiger partial charge in [-0.3, -0.25) is 0 Å². The first-order valence-corrected chi connectivity index (χ1v) is 3.35. The number of carbonyl (C=O) groups is 1. The third-order valence-electron chi connectivity index (χ3n) is 1.54. The summed E-state index contributed by atoms with van der Waals surface area (Å²) in [6, 6.07) is 1.12. The minimum Gasteiger partial charge on any atom is -0.545 e. The molecular weight excluding hydrogens is 160 g/mol. The Hall–Kier alpha value is -1.58. The predicted molar refractivity (Wildman–Crippen MR) is 38.8 cm³/mol. The molecule has 0 aliphatic heterocycles. The van der Waals surface area contributed by atoms with Crippen LogP contribution in [0.15, 0.2) is 15.3 Å². The van der Waals surface area contributed by atoms with Gasteiger partial charge >= 0.3 is 5.63 Å². The molecule has 0 unspecified atom stereocenters. The van der Waals surface area contributed by atoms with E-state index in [1.807, 2.05) is 0 Å². The van der Waals surface area contributed by atoms with Crippen molar-refractivity contribution in [2.45, 2.75) is 13.8 Å². The van der Waals surface area contributed by atoms with Crippen LogP contribution >= 0.6 is 0 Å². The maximum absolute atomic E-state index is 10.7. The normalized spacial score (nSPS) is 9.83. The van der Waals surface area contributed by atoms with E-state index in [1.54, 1.807) is 0 Å². The Kier molecular flexibility index (Phi) is 1.99. The molecule has 0 aromatic carbocycles. The van der Waals surface area contributed by atoms with Crippen molar-refractivity contribution in [2.24, 2.45) is 0 Å². The van der Waals surface area contributed by atoms with E-state index in [-0.39, 0.29) is 11.3 Å². The van der Waals surface area contributed by atoms with Gasteiger partial charge in [0.25, 0.3) is 0 Å². The van der Waals surface area contributed by atoms with Gasteiger partial charge in [0.1, 0.15) is 5.76 Å². The van der Waals surface area contributed by atoms with E-state index in [0.29, 0.717) is 5.56 Å². The fourth-order valence-corrected chi connectivity index (χ4v) is 1.06. The Morgan fingerprint density at radius 3 is 2.50 bits per heavy atom. The smallest absolute Gasteiger partial charge is 0.336 e. The zero-order valence-corrected chi connectivity index (χ0v) is 6.71. The van der Waals surface area contributed by atoms with Crippen LogP contribution in [0.4, 0.5) is 0 Å². The molecule has 0 bridgehead atoms. The Bertz CT molecular complexity index is 349. The van der Waals surface area contributed by atoms with Gasteiger partial charge in [-0.05, 0) is 19.4 Å². The molecule has 0 aliphatic rings. The molecule has 1 heterocycles. The highest BCUT2D eigenvalue weighted by atomic mass is 16.4. The van der Waals surface area contributed by atoms with Gasteiger partial charge in [0.2, 0.25) is 0 Å². The van der Waals surface area contributed by atoms with Crippen LogP contribution in [-0.4, -0.2) is 5.97 Å². The molecule has 0 fully saturated rings. The average Bonchev–Trinajstić information content (AvgIpc) is 1.82. The maximum Gasteiger partial charge on any atom is 0.336 e. The monoisotopic (exact) mass is 167 g/mol. The highest BCUT2D eigenvalue weighted by molar-refractivity contribution is 5.88. The minimum absolute atomic E-state index is 0.0467. The van der Waals surface area contributed by atoms with Gasteiger partial charge in [0.05, 0.1) is 5.97 Å². The molecule has 12 heavy (non-hydrogen) atoms. The molecule has 0 radical (unpaired) electrons. The SMILES string of the molecule is Cc1cc(=O)oc(C)c1C(=O)[O-]. The summed E-state index contributed by atoms with van der Waals surface area (Å²) in [5.74, 6) is -1.24. The lowest BCUT2D eigenvalue weighted by molar-refractivity contribution is -0.255. The molecule has 4 heteroatoms. The van der Waals surface area contributed by atoms with Crippen molar-refractivity contribution in [2.75, 3.05) is 0 Å². The van der Waals surface area contributed by atoms with Gasteiger partial charge in [-0.2, -0.15) is 0 Å². The highest BCUT2D eigenvalue weighted by Crippen LogP contribution is 2.08. The third-order valence-corrected chi connectivity index (χ3v) is 1.54. The van der Waals surface area contributed by atoms with Crippen LogP contribution in [0, 0.1) is 13.8 Å². The van der Waals surface area contributed by atoms with E-state index in [2.05, 4.69) is 4.42 Å². The van der Waals surface area contributed by atoms with Crippen molar-refractivity contribution >= 4 is 5.97 Å². The van der Waals surface area contributed by atoms with Crippen LogP contribution < -0.4 is 10.7 Å². The summed E-state index contributed by atoms with van der Waals surface area (Å²) >= 11 is 0.